The van der Waals surface area contributed by atoms with Crippen LogP contribution in [0.3, 0.4) is 0 Å². The van der Waals surface area contributed by atoms with E-state index in [1.807, 2.05) is 25.3 Å². The maximum Gasteiger partial charge on any atom is 0.305 e. The van der Waals surface area contributed by atoms with Crippen molar-refractivity contribution in [1.29, 1.82) is 0 Å². The minimum Gasteiger partial charge on any atom is -0.481 e. The highest BCUT2D eigenvalue weighted by Gasteiger charge is 2.38. The lowest BCUT2D eigenvalue weighted by molar-refractivity contribution is -0.137. The minimum absolute atomic E-state index is 0.102. The van der Waals surface area contributed by atoms with Crippen LogP contribution >= 0.6 is 24.0 Å². The fourth-order valence-corrected chi connectivity index (χ4v) is 4.62. The van der Waals surface area contributed by atoms with Crippen LogP contribution in [-0.4, -0.2) is 39.8 Å². The largest absolute Gasteiger partial charge is 0.481 e. The molecule has 1 aromatic rings. The predicted octanol–water partition coefficient (Wildman–Crippen LogP) is 3.52. The molecule has 0 spiro atoms. The molecule has 1 N–H and O–H groups in total. The number of aliphatic carboxylic acids is 1. The molecule has 0 radical (unpaired) electrons. The van der Waals surface area contributed by atoms with E-state index in [2.05, 4.69) is 30.9 Å². The molecule has 1 saturated heterocycles. The SMILES string of the molecule is CN1/C(=C/C=C2/SC(=S)N(CCC(=O)O)C2=O)C(C)(C)c2ccccc21. The summed E-state index contributed by atoms with van der Waals surface area (Å²) in [6, 6.07) is 8.26. The third-order valence-electron chi connectivity index (χ3n) is 4.76. The molecule has 3 rings (SSSR count). The van der Waals surface area contributed by atoms with Crippen LogP contribution in [-0.2, 0) is 15.0 Å². The van der Waals surface area contributed by atoms with Crippen LogP contribution in [0, 0.1) is 0 Å². The average molecular weight is 389 g/mol. The molecule has 0 saturated carbocycles. The van der Waals surface area contributed by atoms with Crippen molar-refractivity contribution >= 4 is 45.9 Å². The van der Waals surface area contributed by atoms with E-state index in [1.165, 1.54) is 22.2 Å². The number of carboxylic acids is 1. The Morgan fingerprint density at radius 2 is 2.00 bits per heavy atom. The van der Waals surface area contributed by atoms with Crippen molar-refractivity contribution in [2.45, 2.75) is 25.7 Å². The van der Waals surface area contributed by atoms with Gasteiger partial charge in [-0.2, -0.15) is 0 Å². The quantitative estimate of drug-likeness (QED) is 0.629. The van der Waals surface area contributed by atoms with Crippen LogP contribution in [0.4, 0.5) is 5.69 Å². The first-order chi connectivity index (χ1) is 12.2. The number of para-hydroxylation sites is 1. The van der Waals surface area contributed by atoms with Gasteiger partial charge in [-0.05, 0) is 23.8 Å². The molecular weight excluding hydrogens is 368 g/mol. The van der Waals surface area contributed by atoms with Crippen molar-refractivity contribution in [2.24, 2.45) is 0 Å². The van der Waals surface area contributed by atoms with Crippen molar-refractivity contribution in [2.75, 3.05) is 18.5 Å². The number of fused-ring (bicyclic) bond motifs is 1. The Morgan fingerprint density at radius 3 is 2.65 bits per heavy atom. The Kier molecular flexibility index (Phi) is 4.94. The van der Waals surface area contributed by atoms with Gasteiger partial charge < -0.3 is 10.0 Å². The molecule has 5 nitrogen and oxygen atoms in total. The summed E-state index contributed by atoms with van der Waals surface area (Å²) in [4.78, 5) is 27.3. The summed E-state index contributed by atoms with van der Waals surface area (Å²) >= 11 is 6.44. The number of nitrogens with zero attached hydrogens (tertiary/aromatic N) is 2. The van der Waals surface area contributed by atoms with E-state index in [4.69, 9.17) is 17.3 Å². The summed E-state index contributed by atoms with van der Waals surface area (Å²) in [5, 5.41) is 8.81. The van der Waals surface area contributed by atoms with E-state index < -0.39 is 5.97 Å². The van der Waals surface area contributed by atoms with Gasteiger partial charge in [-0.3, -0.25) is 14.5 Å². The highest BCUT2D eigenvalue weighted by atomic mass is 32.2. The zero-order chi connectivity index (χ0) is 19.1. The van der Waals surface area contributed by atoms with Gasteiger partial charge in [-0.15, -0.1) is 0 Å². The molecule has 2 aliphatic heterocycles. The van der Waals surface area contributed by atoms with E-state index in [1.54, 1.807) is 6.08 Å². The lowest BCUT2D eigenvalue weighted by Crippen LogP contribution is -2.30. The lowest BCUT2D eigenvalue weighted by atomic mass is 9.84. The number of anilines is 1. The molecule has 7 heteroatoms. The topological polar surface area (TPSA) is 60.9 Å². The molecule has 0 aromatic heterocycles. The number of hydrogen-bond donors (Lipinski definition) is 1. The molecule has 2 heterocycles. The Morgan fingerprint density at radius 1 is 1.31 bits per heavy atom. The first kappa shape index (κ1) is 18.7. The van der Waals surface area contributed by atoms with Crippen molar-refractivity contribution in [3.05, 3.63) is 52.6 Å². The second-order valence-electron chi connectivity index (χ2n) is 6.75. The molecule has 1 aromatic carbocycles. The number of allylic oxidation sites excluding steroid dienone is 3. The summed E-state index contributed by atoms with van der Waals surface area (Å²) in [5.74, 6) is -1.17. The van der Waals surface area contributed by atoms with E-state index >= 15 is 0 Å². The molecule has 0 bridgehead atoms. The summed E-state index contributed by atoms with van der Waals surface area (Å²) < 4.78 is 0.406. The number of hydrogen-bond acceptors (Lipinski definition) is 5. The Bertz CT molecular complexity index is 858. The number of thiocarbonyl (C=S) groups is 1. The Balaban J connectivity index is 1.87. The fourth-order valence-electron chi connectivity index (χ4n) is 3.37. The zero-order valence-electron chi connectivity index (χ0n) is 14.9. The second-order valence-corrected chi connectivity index (χ2v) is 8.43. The molecule has 26 heavy (non-hydrogen) atoms. The van der Waals surface area contributed by atoms with Gasteiger partial charge in [0.2, 0.25) is 0 Å². The Hall–Kier alpha value is -2.12. The van der Waals surface area contributed by atoms with Crippen LogP contribution < -0.4 is 4.90 Å². The number of rotatable bonds is 4. The van der Waals surface area contributed by atoms with Crippen LogP contribution in [0.25, 0.3) is 0 Å². The van der Waals surface area contributed by atoms with E-state index in [0.29, 0.717) is 9.23 Å². The molecule has 1 fully saturated rings. The number of carboxylic acid groups (broad SMARTS) is 1. The smallest absolute Gasteiger partial charge is 0.305 e. The van der Waals surface area contributed by atoms with E-state index in [9.17, 15) is 9.59 Å². The van der Waals surface area contributed by atoms with Gasteiger partial charge in [0.1, 0.15) is 4.32 Å². The van der Waals surface area contributed by atoms with Gasteiger partial charge in [0, 0.05) is 30.4 Å². The number of thioether (sulfide) groups is 1. The average Bonchev–Trinajstić information content (AvgIpc) is 2.96. The number of carbonyl (C=O) groups is 2. The predicted molar refractivity (Wildman–Crippen MR) is 108 cm³/mol. The maximum atomic E-state index is 12.5. The van der Waals surface area contributed by atoms with Gasteiger partial charge in [0.25, 0.3) is 5.91 Å². The van der Waals surface area contributed by atoms with Crippen molar-refractivity contribution in [3.63, 3.8) is 0 Å². The van der Waals surface area contributed by atoms with Gasteiger partial charge in [-0.1, -0.05) is 56.0 Å². The van der Waals surface area contributed by atoms with Crippen LogP contribution in [0.1, 0.15) is 25.8 Å². The van der Waals surface area contributed by atoms with Gasteiger partial charge in [0.05, 0.1) is 11.3 Å². The summed E-state index contributed by atoms with van der Waals surface area (Å²) in [7, 11) is 2.02. The molecule has 0 aliphatic carbocycles. The summed E-state index contributed by atoms with van der Waals surface area (Å²) in [5.41, 5.74) is 3.33. The molecule has 0 atom stereocenters. The third kappa shape index (κ3) is 3.17. The van der Waals surface area contributed by atoms with Crippen LogP contribution in [0.5, 0.6) is 0 Å². The molecular formula is C19H20N2O3S2. The highest BCUT2D eigenvalue weighted by molar-refractivity contribution is 8.26. The highest BCUT2D eigenvalue weighted by Crippen LogP contribution is 2.46. The van der Waals surface area contributed by atoms with Gasteiger partial charge in [-0.25, -0.2) is 0 Å². The lowest BCUT2D eigenvalue weighted by Gasteiger charge is -2.23. The number of benzene rings is 1. The van der Waals surface area contributed by atoms with E-state index in [0.717, 1.165) is 11.4 Å². The number of likely N-dealkylation sites (N-methyl/N-ethyl adjacent to an activating group) is 1. The minimum atomic E-state index is -0.947. The molecule has 0 unspecified atom stereocenters. The molecule has 2 aliphatic rings. The monoisotopic (exact) mass is 388 g/mol. The first-order valence-corrected chi connectivity index (χ1v) is 9.47. The Labute approximate surface area is 162 Å². The molecule has 1 amide bonds. The van der Waals surface area contributed by atoms with Gasteiger partial charge >= 0.3 is 5.97 Å². The van der Waals surface area contributed by atoms with Crippen LogP contribution in [0.15, 0.2) is 47.0 Å². The summed E-state index contributed by atoms with van der Waals surface area (Å²) in [6.07, 6.45) is 3.63. The maximum absolute atomic E-state index is 12.5. The molecule has 136 valence electrons. The van der Waals surface area contributed by atoms with Crippen molar-refractivity contribution < 1.29 is 14.7 Å². The fraction of sp³-hybridized carbons (Fsp3) is 0.316. The van der Waals surface area contributed by atoms with Crippen molar-refractivity contribution in [1.82, 2.24) is 4.90 Å². The zero-order valence-corrected chi connectivity index (χ0v) is 16.5. The second kappa shape index (κ2) is 6.89. The van der Waals surface area contributed by atoms with Crippen molar-refractivity contribution in [3.8, 4) is 0 Å². The third-order valence-corrected chi connectivity index (χ3v) is 6.15. The number of amides is 1. The summed E-state index contributed by atoms with van der Waals surface area (Å²) in [6.45, 7) is 4.42. The van der Waals surface area contributed by atoms with Crippen LogP contribution in [0.2, 0.25) is 0 Å². The standard InChI is InChI=1S/C19H20N2O3S2/c1-19(2)12-6-4-5-7-13(12)20(3)15(19)9-8-14-17(24)21(18(25)26-14)11-10-16(22)23/h4-9H,10-11H2,1-3H3,(H,22,23)/b14-8+,15-9+. The van der Waals surface area contributed by atoms with Gasteiger partial charge in [0.15, 0.2) is 0 Å². The normalized spacial score (nSPS) is 21.8. The first-order valence-electron chi connectivity index (χ1n) is 8.24. The van der Waals surface area contributed by atoms with E-state index in [-0.39, 0.29) is 24.3 Å². The number of carbonyl (C=O) groups excluding carboxylic acids is 1.